The number of thiophene rings is 1. The Morgan fingerprint density at radius 2 is 2.11 bits per heavy atom. The zero-order chi connectivity index (χ0) is 12.5. The molecule has 0 amide bonds. The summed E-state index contributed by atoms with van der Waals surface area (Å²) in [5.74, 6) is 0.870. The van der Waals surface area contributed by atoms with Gasteiger partial charge in [-0.25, -0.2) is 9.66 Å². The number of benzene rings is 1. The molecule has 0 radical (unpaired) electrons. The lowest BCUT2D eigenvalue weighted by molar-refractivity contribution is 0.860. The molecule has 0 N–H and O–H groups in total. The van der Waals surface area contributed by atoms with Crippen LogP contribution >= 0.6 is 22.9 Å². The third-order valence-electron chi connectivity index (χ3n) is 2.59. The third-order valence-corrected chi connectivity index (χ3v) is 3.76. The average molecular weight is 276 g/mol. The molecule has 18 heavy (non-hydrogen) atoms. The number of aryl methyl sites for hydroxylation is 1. The fraction of sp³-hybridized carbons (Fsp3) is 0.0769. The lowest BCUT2D eigenvalue weighted by Gasteiger charge is -1.97. The van der Waals surface area contributed by atoms with E-state index in [-0.39, 0.29) is 0 Å². The van der Waals surface area contributed by atoms with Crippen LogP contribution in [0, 0.1) is 6.92 Å². The highest BCUT2D eigenvalue weighted by molar-refractivity contribution is 7.17. The Labute approximate surface area is 113 Å². The first-order chi connectivity index (χ1) is 8.74. The van der Waals surface area contributed by atoms with Crippen molar-refractivity contribution in [3.8, 4) is 0 Å². The summed E-state index contributed by atoms with van der Waals surface area (Å²) >= 11 is 7.39. The molecular formula is C13H10ClN3S. The summed E-state index contributed by atoms with van der Waals surface area (Å²) in [6.45, 7) is 1.94. The Hall–Kier alpha value is -1.65. The van der Waals surface area contributed by atoms with E-state index in [2.05, 4.69) is 10.1 Å². The van der Waals surface area contributed by atoms with Gasteiger partial charge in [0, 0.05) is 4.88 Å². The number of para-hydroxylation sites is 2. The van der Waals surface area contributed by atoms with Gasteiger partial charge in [0.05, 0.1) is 21.6 Å². The second-order valence-electron chi connectivity index (χ2n) is 3.85. The summed E-state index contributed by atoms with van der Waals surface area (Å²) in [7, 11) is 0. The normalized spacial score (nSPS) is 11.7. The summed E-state index contributed by atoms with van der Waals surface area (Å²) < 4.78 is 2.60. The van der Waals surface area contributed by atoms with Gasteiger partial charge in [-0.15, -0.1) is 11.3 Å². The van der Waals surface area contributed by atoms with Crippen molar-refractivity contribution in [1.29, 1.82) is 0 Å². The lowest BCUT2D eigenvalue weighted by Crippen LogP contribution is -1.92. The van der Waals surface area contributed by atoms with Crippen LogP contribution in [0.15, 0.2) is 41.5 Å². The molecule has 0 aliphatic rings. The molecule has 1 aromatic carbocycles. The molecule has 0 saturated carbocycles. The highest BCUT2D eigenvalue weighted by Gasteiger charge is 2.04. The van der Waals surface area contributed by atoms with Crippen LogP contribution in [-0.2, 0) is 0 Å². The van der Waals surface area contributed by atoms with E-state index in [9.17, 15) is 0 Å². The van der Waals surface area contributed by atoms with Gasteiger partial charge in [-0.1, -0.05) is 23.7 Å². The monoisotopic (exact) mass is 275 g/mol. The van der Waals surface area contributed by atoms with Crippen LogP contribution < -0.4 is 0 Å². The van der Waals surface area contributed by atoms with Gasteiger partial charge in [-0.05, 0) is 31.2 Å². The van der Waals surface area contributed by atoms with Crippen LogP contribution in [0.25, 0.3) is 11.0 Å². The van der Waals surface area contributed by atoms with Crippen LogP contribution in [0.3, 0.4) is 0 Å². The summed E-state index contributed by atoms with van der Waals surface area (Å²) in [5.41, 5.74) is 1.96. The largest absolute Gasteiger partial charge is 0.232 e. The minimum absolute atomic E-state index is 0.767. The van der Waals surface area contributed by atoms with Crippen LogP contribution in [-0.4, -0.2) is 15.9 Å². The number of halogens is 1. The molecule has 0 fully saturated rings. The predicted molar refractivity (Wildman–Crippen MR) is 76.8 cm³/mol. The van der Waals surface area contributed by atoms with E-state index in [1.54, 1.807) is 6.21 Å². The summed E-state index contributed by atoms with van der Waals surface area (Å²) in [6, 6.07) is 11.8. The lowest BCUT2D eigenvalue weighted by atomic mass is 10.3. The quantitative estimate of drug-likeness (QED) is 0.652. The van der Waals surface area contributed by atoms with Crippen molar-refractivity contribution in [2.75, 3.05) is 0 Å². The van der Waals surface area contributed by atoms with Gasteiger partial charge >= 0.3 is 0 Å². The van der Waals surface area contributed by atoms with Crippen molar-refractivity contribution in [3.05, 3.63) is 51.4 Å². The van der Waals surface area contributed by atoms with E-state index in [4.69, 9.17) is 11.6 Å². The van der Waals surface area contributed by atoms with Crippen molar-refractivity contribution < 1.29 is 0 Å². The first-order valence-corrected chi connectivity index (χ1v) is 6.67. The van der Waals surface area contributed by atoms with Crippen LogP contribution in [0.1, 0.15) is 10.7 Å². The fourth-order valence-electron chi connectivity index (χ4n) is 1.79. The number of hydrogen-bond acceptors (Lipinski definition) is 3. The smallest absolute Gasteiger partial charge is 0.128 e. The maximum atomic E-state index is 5.89. The molecule has 0 spiro atoms. The minimum atomic E-state index is 0.767. The van der Waals surface area contributed by atoms with Gasteiger partial charge in [0.1, 0.15) is 5.82 Å². The van der Waals surface area contributed by atoms with E-state index >= 15 is 0 Å². The summed E-state index contributed by atoms with van der Waals surface area (Å²) in [5, 5.41) is 4.46. The third kappa shape index (κ3) is 2.05. The standard InChI is InChI=1S/C13H10ClN3S/c1-9-16-11-4-2-3-5-12(11)17(9)15-8-10-6-7-13(14)18-10/h2-8H,1H3/b15-8+. The Bertz CT molecular complexity index is 727. The molecule has 0 bridgehead atoms. The van der Waals surface area contributed by atoms with Crippen LogP contribution in [0.5, 0.6) is 0 Å². The van der Waals surface area contributed by atoms with E-state index in [1.165, 1.54) is 11.3 Å². The van der Waals surface area contributed by atoms with Crippen molar-refractivity contribution in [2.45, 2.75) is 6.92 Å². The Morgan fingerprint density at radius 1 is 1.28 bits per heavy atom. The molecule has 3 nitrogen and oxygen atoms in total. The molecule has 2 heterocycles. The molecule has 0 saturated heterocycles. The zero-order valence-electron chi connectivity index (χ0n) is 9.67. The molecule has 3 rings (SSSR count). The second-order valence-corrected chi connectivity index (χ2v) is 5.59. The number of aromatic nitrogens is 2. The van der Waals surface area contributed by atoms with Gasteiger partial charge in [0.25, 0.3) is 0 Å². The number of nitrogens with zero attached hydrogens (tertiary/aromatic N) is 3. The molecule has 5 heteroatoms. The van der Waals surface area contributed by atoms with E-state index in [0.717, 1.165) is 26.1 Å². The Balaban J connectivity index is 2.04. The number of imidazole rings is 1. The van der Waals surface area contributed by atoms with Gasteiger partial charge in [-0.2, -0.15) is 5.10 Å². The molecule has 0 aliphatic heterocycles. The van der Waals surface area contributed by atoms with Crippen molar-refractivity contribution >= 4 is 40.2 Å². The molecular weight excluding hydrogens is 266 g/mol. The zero-order valence-corrected chi connectivity index (χ0v) is 11.2. The van der Waals surface area contributed by atoms with E-state index in [0.29, 0.717) is 0 Å². The van der Waals surface area contributed by atoms with Crippen molar-refractivity contribution in [3.63, 3.8) is 0 Å². The Morgan fingerprint density at radius 3 is 2.89 bits per heavy atom. The summed E-state index contributed by atoms with van der Waals surface area (Å²) in [6.07, 6.45) is 1.80. The highest BCUT2D eigenvalue weighted by Crippen LogP contribution is 2.20. The molecule has 0 unspecified atom stereocenters. The van der Waals surface area contributed by atoms with Crippen LogP contribution in [0.4, 0.5) is 0 Å². The number of rotatable bonds is 2. The van der Waals surface area contributed by atoms with Gasteiger partial charge < -0.3 is 0 Å². The number of fused-ring (bicyclic) bond motifs is 1. The van der Waals surface area contributed by atoms with Gasteiger partial charge in [-0.3, -0.25) is 0 Å². The maximum absolute atomic E-state index is 5.89. The first kappa shape index (κ1) is 11.4. The second kappa shape index (κ2) is 4.55. The van der Waals surface area contributed by atoms with Gasteiger partial charge in [0.15, 0.2) is 0 Å². The van der Waals surface area contributed by atoms with E-state index in [1.807, 2.05) is 48.0 Å². The topological polar surface area (TPSA) is 30.2 Å². The van der Waals surface area contributed by atoms with Crippen molar-refractivity contribution in [1.82, 2.24) is 9.66 Å². The SMILES string of the molecule is Cc1nc2ccccc2n1/N=C/c1ccc(Cl)s1. The first-order valence-electron chi connectivity index (χ1n) is 5.48. The maximum Gasteiger partial charge on any atom is 0.128 e. The fourth-order valence-corrected chi connectivity index (χ4v) is 2.72. The molecule has 2 aromatic heterocycles. The molecule has 90 valence electrons. The van der Waals surface area contributed by atoms with Crippen molar-refractivity contribution in [2.24, 2.45) is 5.10 Å². The Kier molecular flexibility index (Phi) is 2.89. The summed E-state index contributed by atoms with van der Waals surface area (Å²) in [4.78, 5) is 5.48. The minimum Gasteiger partial charge on any atom is -0.232 e. The molecule has 0 aliphatic carbocycles. The predicted octanol–water partition coefficient (Wildman–Crippen LogP) is 3.94. The molecule has 3 aromatic rings. The average Bonchev–Trinajstić information content (AvgIpc) is 2.90. The number of hydrogen-bond donors (Lipinski definition) is 0. The molecule has 0 atom stereocenters. The highest BCUT2D eigenvalue weighted by atomic mass is 35.5. The van der Waals surface area contributed by atoms with Gasteiger partial charge in [0.2, 0.25) is 0 Å². The van der Waals surface area contributed by atoms with E-state index < -0.39 is 0 Å². The van der Waals surface area contributed by atoms with Crippen LogP contribution in [0.2, 0.25) is 4.34 Å².